The predicted molar refractivity (Wildman–Crippen MR) is 164 cm³/mol. The highest BCUT2D eigenvalue weighted by Gasteiger charge is 2.38. The molecule has 1 atom stereocenters. The van der Waals surface area contributed by atoms with Crippen LogP contribution in [0.3, 0.4) is 0 Å². The van der Waals surface area contributed by atoms with Gasteiger partial charge in [0.15, 0.2) is 0 Å². The van der Waals surface area contributed by atoms with Crippen molar-refractivity contribution in [3.05, 3.63) is 156 Å². The highest BCUT2D eigenvalue weighted by molar-refractivity contribution is 5.76. The number of ether oxygens (including phenoxy) is 1. The van der Waals surface area contributed by atoms with Crippen LogP contribution < -0.4 is 10.2 Å². The average molecular weight is 545 g/mol. The molecule has 6 heteroatoms. The molecule has 0 saturated carbocycles. The van der Waals surface area contributed by atoms with Crippen molar-refractivity contribution in [2.75, 3.05) is 26.1 Å². The molecule has 0 aliphatic carbocycles. The highest BCUT2D eigenvalue weighted by atomic mass is 16.5. The number of nitrogens with zero attached hydrogens (tertiary/aromatic N) is 3. The lowest BCUT2D eigenvalue weighted by Crippen LogP contribution is -2.39. The minimum atomic E-state index is -0.657. The first-order chi connectivity index (χ1) is 20.0. The molecule has 0 amide bonds. The molecular formula is C35H36N4O2. The standard InChI is InChI=1S/C35H36N4O2/c1-38(2)32-21-13-14-27(22-32)24-36-33(34(40)41-3)23-31-25-39(26-37-31)35(28-15-7-4-8-16-28,29-17-9-5-10-18-29)30-19-11-6-12-20-30/h4-22,25-26,33,36H,23-24H2,1-3H3/t33-/m0/s1. The Balaban J connectivity index is 1.51. The second kappa shape index (κ2) is 12.7. The number of methoxy groups -OCH3 is 1. The van der Waals surface area contributed by atoms with Crippen molar-refractivity contribution in [2.24, 2.45) is 0 Å². The molecule has 0 fully saturated rings. The molecule has 0 spiro atoms. The van der Waals surface area contributed by atoms with Crippen LogP contribution in [0.25, 0.3) is 0 Å². The van der Waals surface area contributed by atoms with Crippen molar-refractivity contribution in [1.29, 1.82) is 0 Å². The van der Waals surface area contributed by atoms with E-state index in [0.717, 1.165) is 33.6 Å². The molecule has 4 aromatic carbocycles. The number of hydrogen-bond donors (Lipinski definition) is 1. The molecule has 41 heavy (non-hydrogen) atoms. The van der Waals surface area contributed by atoms with E-state index in [9.17, 15) is 4.79 Å². The summed E-state index contributed by atoms with van der Waals surface area (Å²) in [6.07, 6.45) is 4.32. The van der Waals surface area contributed by atoms with E-state index >= 15 is 0 Å². The fraction of sp³-hybridized carbons (Fsp3) is 0.200. The van der Waals surface area contributed by atoms with Gasteiger partial charge in [0.05, 0.1) is 19.1 Å². The number of benzene rings is 4. The molecule has 0 radical (unpaired) electrons. The Bertz CT molecular complexity index is 1450. The second-order valence-electron chi connectivity index (χ2n) is 10.3. The van der Waals surface area contributed by atoms with E-state index in [4.69, 9.17) is 9.72 Å². The number of aromatic nitrogens is 2. The number of hydrogen-bond acceptors (Lipinski definition) is 5. The molecule has 5 rings (SSSR count). The minimum absolute atomic E-state index is 0.316. The SMILES string of the molecule is COC(=O)[C@H](Cc1cn(C(c2ccccc2)(c2ccccc2)c2ccccc2)cn1)NCc1cccc(N(C)C)c1. The summed E-state index contributed by atoms with van der Waals surface area (Å²) in [5, 5.41) is 3.40. The molecule has 0 aliphatic rings. The Labute approximate surface area is 242 Å². The summed E-state index contributed by atoms with van der Waals surface area (Å²) in [4.78, 5) is 19.7. The number of nitrogens with one attached hydrogen (secondary N) is 1. The van der Waals surface area contributed by atoms with Gasteiger partial charge in [-0.2, -0.15) is 0 Å². The highest BCUT2D eigenvalue weighted by Crippen LogP contribution is 2.40. The summed E-state index contributed by atoms with van der Waals surface area (Å²) in [6, 6.07) is 39.1. The normalized spacial score (nSPS) is 12.1. The van der Waals surface area contributed by atoms with Crippen LogP contribution in [-0.4, -0.2) is 42.8 Å². The zero-order valence-corrected chi connectivity index (χ0v) is 23.8. The topological polar surface area (TPSA) is 59.4 Å². The van der Waals surface area contributed by atoms with Gasteiger partial charge in [-0.15, -0.1) is 0 Å². The van der Waals surface area contributed by atoms with Gasteiger partial charge in [0.25, 0.3) is 0 Å². The number of esters is 1. The van der Waals surface area contributed by atoms with E-state index in [0.29, 0.717) is 13.0 Å². The lowest BCUT2D eigenvalue weighted by Gasteiger charge is -2.37. The van der Waals surface area contributed by atoms with Crippen LogP contribution in [0.5, 0.6) is 0 Å². The molecule has 5 aromatic rings. The average Bonchev–Trinajstić information content (AvgIpc) is 3.49. The van der Waals surface area contributed by atoms with Gasteiger partial charge >= 0.3 is 5.97 Å². The first-order valence-corrected chi connectivity index (χ1v) is 13.8. The van der Waals surface area contributed by atoms with E-state index in [1.165, 1.54) is 7.11 Å². The largest absolute Gasteiger partial charge is 0.468 e. The minimum Gasteiger partial charge on any atom is -0.468 e. The third kappa shape index (κ3) is 5.93. The van der Waals surface area contributed by atoms with Crippen LogP contribution in [0.2, 0.25) is 0 Å². The zero-order chi connectivity index (χ0) is 28.7. The first kappa shape index (κ1) is 27.9. The van der Waals surface area contributed by atoms with E-state index in [1.807, 2.05) is 44.7 Å². The first-order valence-electron chi connectivity index (χ1n) is 13.8. The Kier molecular flexibility index (Phi) is 8.61. The number of imidazole rings is 1. The number of carbonyl (C=O) groups is 1. The van der Waals surface area contributed by atoms with E-state index in [2.05, 4.69) is 112 Å². The fourth-order valence-electron chi connectivity index (χ4n) is 5.41. The number of carbonyl (C=O) groups excluding carboxylic acids is 1. The smallest absolute Gasteiger partial charge is 0.323 e. The van der Waals surface area contributed by atoms with Crippen molar-refractivity contribution in [3.63, 3.8) is 0 Å². The van der Waals surface area contributed by atoms with Crippen LogP contribution in [-0.2, 0) is 28.0 Å². The summed E-state index contributed by atoms with van der Waals surface area (Å²) in [6.45, 7) is 0.532. The van der Waals surface area contributed by atoms with Gasteiger partial charge in [0.1, 0.15) is 11.6 Å². The van der Waals surface area contributed by atoms with Gasteiger partial charge in [0.2, 0.25) is 0 Å². The van der Waals surface area contributed by atoms with Crippen LogP contribution in [0.15, 0.2) is 128 Å². The molecule has 1 aromatic heterocycles. The number of anilines is 1. The van der Waals surface area contributed by atoms with Gasteiger partial charge < -0.3 is 14.2 Å². The molecule has 1 heterocycles. The van der Waals surface area contributed by atoms with E-state index in [1.54, 1.807) is 0 Å². The Morgan fingerprint density at radius 3 is 1.93 bits per heavy atom. The van der Waals surface area contributed by atoms with Crippen LogP contribution in [0.4, 0.5) is 5.69 Å². The van der Waals surface area contributed by atoms with E-state index < -0.39 is 11.6 Å². The van der Waals surface area contributed by atoms with Gasteiger partial charge in [-0.1, -0.05) is 103 Å². The summed E-state index contributed by atoms with van der Waals surface area (Å²) in [5.74, 6) is -0.316. The fourth-order valence-corrected chi connectivity index (χ4v) is 5.41. The monoisotopic (exact) mass is 544 g/mol. The molecule has 0 bridgehead atoms. The zero-order valence-electron chi connectivity index (χ0n) is 23.8. The summed E-state index contributed by atoms with van der Waals surface area (Å²) >= 11 is 0. The van der Waals surface area contributed by atoms with Crippen molar-refractivity contribution < 1.29 is 9.53 Å². The molecular weight excluding hydrogens is 508 g/mol. The maximum Gasteiger partial charge on any atom is 0.323 e. The predicted octanol–water partition coefficient (Wildman–Crippen LogP) is 5.66. The second-order valence-corrected chi connectivity index (χ2v) is 10.3. The van der Waals surface area contributed by atoms with Crippen molar-refractivity contribution in [1.82, 2.24) is 14.9 Å². The molecule has 0 unspecified atom stereocenters. The van der Waals surface area contributed by atoms with E-state index in [-0.39, 0.29) is 5.97 Å². The van der Waals surface area contributed by atoms with Crippen LogP contribution in [0, 0.1) is 0 Å². The van der Waals surface area contributed by atoms with Crippen LogP contribution in [0.1, 0.15) is 27.9 Å². The van der Waals surface area contributed by atoms with Crippen LogP contribution >= 0.6 is 0 Å². The lowest BCUT2D eigenvalue weighted by atomic mass is 9.77. The Morgan fingerprint density at radius 1 is 0.854 bits per heavy atom. The third-order valence-electron chi connectivity index (χ3n) is 7.48. The van der Waals surface area contributed by atoms with Gasteiger partial charge in [0, 0.05) is 38.9 Å². The molecule has 208 valence electrons. The lowest BCUT2D eigenvalue weighted by molar-refractivity contribution is -0.143. The summed E-state index contributed by atoms with van der Waals surface area (Å²) in [5.41, 5.74) is 5.68. The van der Waals surface area contributed by atoms with Crippen molar-refractivity contribution in [3.8, 4) is 0 Å². The molecule has 1 N–H and O–H groups in total. The third-order valence-corrected chi connectivity index (χ3v) is 7.48. The maximum atomic E-state index is 12.9. The summed E-state index contributed by atoms with van der Waals surface area (Å²) in [7, 11) is 5.45. The molecule has 0 aliphatic heterocycles. The molecule has 6 nitrogen and oxygen atoms in total. The van der Waals surface area contributed by atoms with Crippen molar-refractivity contribution in [2.45, 2.75) is 24.5 Å². The summed E-state index contributed by atoms with van der Waals surface area (Å²) < 4.78 is 7.34. The number of rotatable bonds is 11. The van der Waals surface area contributed by atoms with Gasteiger partial charge in [-0.25, -0.2) is 4.98 Å². The maximum absolute atomic E-state index is 12.9. The Hall–Kier alpha value is -4.68. The van der Waals surface area contributed by atoms with Crippen molar-refractivity contribution >= 4 is 11.7 Å². The van der Waals surface area contributed by atoms with Gasteiger partial charge in [-0.3, -0.25) is 10.1 Å². The van der Waals surface area contributed by atoms with Gasteiger partial charge in [-0.05, 0) is 34.4 Å². The quantitative estimate of drug-likeness (QED) is 0.172. The molecule has 0 saturated heterocycles. The Morgan fingerprint density at radius 2 is 1.41 bits per heavy atom.